The van der Waals surface area contributed by atoms with Crippen molar-refractivity contribution in [3.05, 3.63) is 112 Å². The van der Waals surface area contributed by atoms with Crippen molar-refractivity contribution in [2.75, 3.05) is 0 Å². The fourth-order valence-corrected chi connectivity index (χ4v) is 3.53. The van der Waals surface area contributed by atoms with Gasteiger partial charge in [-0.05, 0) is 54.6 Å². The van der Waals surface area contributed by atoms with Gasteiger partial charge in [-0.2, -0.15) is 0 Å². The number of rotatable bonds is 7. The van der Waals surface area contributed by atoms with E-state index < -0.39 is 11.8 Å². The average Bonchev–Trinajstić information content (AvgIpc) is 3.50. The molecule has 0 aliphatic rings. The zero-order chi connectivity index (χ0) is 23.2. The van der Waals surface area contributed by atoms with Crippen LogP contribution in [0.4, 0.5) is 0 Å². The third kappa shape index (κ3) is 5.74. The van der Waals surface area contributed by atoms with Gasteiger partial charge in [-0.25, -0.2) is 0 Å². The molecule has 6 nitrogen and oxygen atoms in total. The first-order chi connectivity index (χ1) is 16.0. The molecule has 4 rings (SSSR count). The Bertz CT molecular complexity index is 1300. The molecule has 166 valence electrons. The Kier molecular flexibility index (Phi) is 6.98. The van der Waals surface area contributed by atoms with Crippen LogP contribution in [0.2, 0.25) is 10.0 Å². The number of hydrogen-bond acceptors (Lipinski definition) is 4. The molecule has 0 saturated carbocycles. The van der Waals surface area contributed by atoms with Gasteiger partial charge in [0.05, 0.1) is 17.8 Å². The number of carbonyl (C=O) groups excluding carboxylic acids is 2. The molecule has 0 fully saturated rings. The number of nitrogens with one attached hydrogen (secondary N) is 2. The van der Waals surface area contributed by atoms with Gasteiger partial charge < -0.3 is 19.5 Å². The van der Waals surface area contributed by atoms with E-state index in [4.69, 9.17) is 32.0 Å². The van der Waals surface area contributed by atoms with Gasteiger partial charge >= 0.3 is 0 Å². The zero-order valence-electron chi connectivity index (χ0n) is 17.2. The molecule has 0 spiro atoms. The Labute approximate surface area is 199 Å². The predicted molar refractivity (Wildman–Crippen MR) is 127 cm³/mol. The number of hydrogen-bond donors (Lipinski definition) is 2. The lowest BCUT2D eigenvalue weighted by molar-refractivity contribution is -0.118. The van der Waals surface area contributed by atoms with Crippen molar-refractivity contribution in [2.45, 2.75) is 6.54 Å². The highest BCUT2D eigenvalue weighted by atomic mass is 35.5. The predicted octanol–water partition coefficient (Wildman–Crippen LogP) is 5.93. The van der Waals surface area contributed by atoms with Crippen molar-refractivity contribution >= 4 is 41.1 Å². The van der Waals surface area contributed by atoms with E-state index in [1.165, 1.54) is 12.3 Å². The molecule has 0 aliphatic heterocycles. The number of carbonyl (C=O) groups is 2. The van der Waals surface area contributed by atoms with Crippen LogP contribution in [0.3, 0.4) is 0 Å². The molecule has 0 bridgehead atoms. The first-order valence-corrected chi connectivity index (χ1v) is 10.7. The summed E-state index contributed by atoms with van der Waals surface area (Å²) in [5, 5.41) is 6.32. The highest BCUT2D eigenvalue weighted by molar-refractivity contribution is 6.36. The topological polar surface area (TPSA) is 84.5 Å². The highest BCUT2D eigenvalue weighted by Gasteiger charge is 2.16. The van der Waals surface area contributed by atoms with Crippen molar-refractivity contribution in [3.63, 3.8) is 0 Å². The maximum atomic E-state index is 12.9. The van der Waals surface area contributed by atoms with Gasteiger partial charge in [0.2, 0.25) is 0 Å². The SMILES string of the molecule is O=C(NCc1ccco1)C(=Cc1ccc(-c2ccc(Cl)cc2Cl)o1)NC(=O)c1ccccc1. The van der Waals surface area contributed by atoms with Crippen LogP contribution in [0.1, 0.15) is 21.9 Å². The Balaban J connectivity index is 1.59. The van der Waals surface area contributed by atoms with E-state index in [2.05, 4.69) is 10.6 Å². The molecule has 2 heterocycles. The summed E-state index contributed by atoms with van der Waals surface area (Å²) in [6, 6.07) is 20.5. The summed E-state index contributed by atoms with van der Waals surface area (Å²) in [6.45, 7) is 0.161. The third-order valence-electron chi connectivity index (χ3n) is 4.64. The van der Waals surface area contributed by atoms with Gasteiger partial charge in [-0.1, -0.05) is 41.4 Å². The lowest BCUT2D eigenvalue weighted by Crippen LogP contribution is -2.34. The normalized spacial score (nSPS) is 11.3. The minimum absolute atomic E-state index is 0.0125. The van der Waals surface area contributed by atoms with Gasteiger partial charge in [0.25, 0.3) is 11.8 Å². The van der Waals surface area contributed by atoms with E-state index in [0.29, 0.717) is 38.5 Å². The van der Waals surface area contributed by atoms with Crippen LogP contribution < -0.4 is 10.6 Å². The van der Waals surface area contributed by atoms with Crippen molar-refractivity contribution < 1.29 is 18.4 Å². The maximum Gasteiger partial charge on any atom is 0.268 e. The fraction of sp³-hybridized carbons (Fsp3) is 0.0400. The minimum Gasteiger partial charge on any atom is -0.467 e. The summed E-state index contributed by atoms with van der Waals surface area (Å²) in [5.41, 5.74) is 1.08. The van der Waals surface area contributed by atoms with Crippen LogP contribution in [-0.2, 0) is 11.3 Å². The quantitative estimate of drug-likeness (QED) is 0.321. The van der Waals surface area contributed by atoms with E-state index in [1.54, 1.807) is 72.8 Å². The standard InChI is InChI=1S/C25H18Cl2N2O4/c26-17-8-10-20(21(27)13-17)23-11-9-18(33-23)14-22(25(31)28-15-19-7-4-12-32-19)29-24(30)16-5-2-1-3-6-16/h1-14H,15H2,(H,28,31)(H,29,30). The summed E-state index contributed by atoms with van der Waals surface area (Å²) in [4.78, 5) is 25.5. The van der Waals surface area contributed by atoms with Crippen LogP contribution in [-0.4, -0.2) is 11.8 Å². The number of furan rings is 2. The molecule has 2 amide bonds. The van der Waals surface area contributed by atoms with E-state index in [0.717, 1.165) is 0 Å². The Morgan fingerprint density at radius 3 is 2.48 bits per heavy atom. The summed E-state index contributed by atoms with van der Waals surface area (Å²) in [7, 11) is 0. The molecule has 2 aromatic carbocycles. The highest BCUT2D eigenvalue weighted by Crippen LogP contribution is 2.32. The number of halogens is 2. The lowest BCUT2D eigenvalue weighted by atomic mass is 10.2. The zero-order valence-corrected chi connectivity index (χ0v) is 18.7. The monoisotopic (exact) mass is 480 g/mol. The molecule has 0 atom stereocenters. The van der Waals surface area contributed by atoms with E-state index in [9.17, 15) is 9.59 Å². The van der Waals surface area contributed by atoms with Crippen molar-refractivity contribution in [2.24, 2.45) is 0 Å². The Hall–Kier alpha value is -3.74. The Morgan fingerprint density at radius 1 is 0.939 bits per heavy atom. The van der Waals surface area contributed by atoms with Crippen LogP contribution in [0.15, 0.2) is 93.6 Å². The molecular formula is C25H18Cl2N2O4. The van der Waals surface area contributed by atoms with Gasteiger partial charge in [0.1, 0.15) is 23.0 Å². The van der Waals surface area contributed by atoms with Crippen LogP contribution in [0.5, 0.6) is 0 Å². The summed E-state index contributed by atoms with van der Waals surface area (Å²) in [5.74, 6) is 0.496. The first kappa shape index (κ1) is 22.5. The van der Waals surface area contributed by atoms with Crippen molar-refractivity contribution in [3.8, 4) is 11.3 Å². The number of amides is 2. The molecule has 0 aliphatic carbocycles. The minimum atomic E-state index is -0.502. The molecule has 0 radical (unpaired) electrons. The van der Waals surface area contributed by atoms with E-state index >= 15 is 0 Å². The molecule has 33 heavy (non-hydrogen) atoms. The third-order valence-corrected chi connectivity index (χ3v) is 5.19. The van der Waals surface area contributed by atoms with E-state index in [-0.39, 0.29) is 12.2 Å². The van der Waals surface area contributed by atoms with E-state index in [1.807, 2.05) is 0 Å². The molecule has 2 N–H and O–H groups in total. The van der Waals surface area contributed by atoms with Gasteiger partial charge in [-0.3, -0.25) is 9.59 Å². The maximum absolute atomic E-state index is 12.9. The average molecular weight is 481 g/mol. The summed E-state index contributed by atoms with van der Waals surface area (Å²) < 4.78 is 11.1. The molecule has 0 unspecified atom stereocenters. The second-order valence-electron chi connectivity index (χ2n) is 6.97. The number of benzene rings is 2. The van der Waals surface area contributed by atoms with Gasteiger partial charge in [-0.15, -0.1) is 0 Å². The summed E-state index contributed by atoms with van der Waals surface area (Å²) in [6.07, 6.45) is 2.97. The van der Waals surface area contributed by atoms with Gasteiger partial charge in [0, 0.05) is 22.2 Å². The van der Waals surface area contributed by atoms with Crippen LogP contribution in [0.25, 0.3) is 17.4 Å². The van der Waals surface area contributed by atoms with Gasteiger partial charge in [0.15, 0.2) is 0 Å². The Morgan fingerprint density at radius 2 is 1.76 bits per heavy atom. The molecule has 8 heteroatoms. The smallest absolute Gasteiger partial charge is 0.268 e. The lowest BCUT2D eigenvalue weighted by Gasteiger charge is -2.10. The molecule has 2 aromatic heterocycles. The molecule has 4 aromatic rings. The van der Waals surface area contributed by atoms with Crippen LogP contribution >= 0.6 is 23.2 Å². The van der Waals surface area contributed by atoms with Crippen LogP contribution in [0, 0.1) is 0 Å². The molecular weight excluding hydrogens is 463 g/mol. The molecule has 0 saturated heterocycles. The first-order valence-electron chi connectivity index (χ1n) is 9.93. The fourth-order valence-electron chi connectivity index (χ4n) is 3.02. The largest absolute Gasteiger partial charge is 0.467 e. The summed E-state index contributed by atoms with van der Waals surface area (Å²) >= 11 is 12.2. The second-order valence-corrected chi connectivity index (χ2v) is 7.81. The van der Waals surface area contributed by atoms with Crippen molar-refractivity contribution in [1.82, 2.24) is 10.6 Å². The van der Waals surface area contributed by atoms with Crippen molar-refractivity contribution in [1.29, 1.82) is 0 Å². The second kappa shape index (κ2) is 10.3.